The molecule has 12 aliphatic rings. The monoisotopic (exact) mass is 1880 g/mol. The van der Waals surface area contributed by atoms with Crippen molar-refractivity contribution in [2.45, 2.75) is 86.6 Å². The highest BCUT2D eigenvalue weighted by atomic mass is 32.2. The molecule has 5 aromatic rings. The summed E-state index contributed by atoms with van der Waals surface area (Å²) in [6.07, 6.45) is 7.17. The minimum Gasteiger partial charge on any atom is -0.365 e. The summed E-state index contributed by atoms with van der Waals surface area (Å²) in [5, 5.41) is 1.67. The lowest BCUT2D eigenvalue weighted by molar-refractivity contribution is -0.172. The number of nitrogens with zero attached hydrogens (tertiary/aromatic N) is 6. The van der Waals surface area contributed by atoms with Crippen molar-refractivity contribution in [1.29, 1.82) is 0 Å². The minimum absolute atomic E-state index is 0.0812. The molecule has 4 aliphatic carbocycles. The van der Waals surface area contributed by atoms with Crippen LogP contribution in [0.1, 0.15) is 115 Å². The number of fused-ring (bicyclic) bond motifs is 13. The van der Waals surface area contributed by atoms with Crippen molar-refractivity contribution in [2.24, 2.45) is 52.3 Å². The molecule has 8 aliphatic heterocycles. The van der Waals surface area contributed by atoms with Gasteiger partial charge in [0.1, 0.15) is 5.78 Å². The van der Waals surface area contributed by atoms with Crippen LogP contribution in [0.5, 0.6) is 0 Å². The number of amides is 12. The highest BCUT2D eigenvalue weighted by Crippen LogP contribution is 2.64. The van der Waals surface area contributed by atoms with Crippen LogP contribution >= 0.6 is 0 Å². The van der Waals surface area contributed by atoms with E-state index in [1.807, 2.05) is 13.8 Å². The molecule has 12 amide bonds. The summed E-state index contributed by atoms with van der Waals surface area (Å²) >= 11 is 0. The molecule has 666 valence electrons. The van der Waals surface area contributed by atoms with Gasteiger partial charge in [0.25, 0.3) is 91.1 Å². The topological polar surface area (TPSA) is 511 Å². The van der Waals surface area contributed by atoms with Crippen molar-refractivity contribution in [3.05, 3.63) is 155 Å². The Morgan fingerprint density at radius 2 is 0.694 bits per heavy atom. The van der Waals surface area contributed by atoms with Crippen molar-refractivity contribution in [1.82, 2.24) is 30.4 Å². The molecule has 4 saturated heterocycles. The zero-order valence-electron chi connectivity index (χ0n) is 61.9. The van der Waals surface area contributed by atoms with E-state index in [1.165, 1.54) is 60.7 Å². The first-order valence-electron chi connectivity index (χ1n) is 34.8. The second-order valence-corrected chi connectivity index (χ2v) is 38.0. The van der Waals surface area contributed by atoms with Crippen LogP contribution in [0.2, 0.25) is 0 Å². The van der Waals surface area contributed by atoms with Gasteiger partial charge in [0.2, 0.25) is 0 Å². The smallest absolute Gasteiger partial charge is 0.365 e. The van der Waals surface area contributed by atoms with Crippen LogP contribution in [0.3, 0.4) is 0 Å². The van der Waals surface area contributed by atoms with E-state index in [4.69, 9.17) is 9.02 Å². The van der Waals surface area contributed by atoms with Crippen molar-refractivity contribution in [2.75, 3.05) is 12.0 Å². The van der Waals surface area contributed by atoms with Gasteiger partial charge >= 0.3 is 62.5 Å². The Labute approximate surface area is 687 Å². The van der Waals surface area contributed by atoms with Crippen LogP contribution in [0, 0.1) is 52.3 Å². The van der Waals surface area contributed by atoms with E-state index in [0.717, 1.165) is 18.1 Å². The van der Waals surface area contributed by atoms with E-state index in [9.17, 15) is 166 Å². The van der Waals surface area contributed by atoms with Crippen LogP contribution in [0.15, 0.2) is 121 Å². The van der Waals surface area contributed by atoms with Crippen molar-refractivity contribution < 1.29 is 196 Å². The summed E-state index contributed by atoms with van der Waals surface area (Å²) in [6, 6.07) is 24.9. The molecule has 0 N–H and O–H groups in total. The lowest BCUT2D eigenvalue weighted by Gasteiger charge is -2.36. The number of ketones is 1. The first-order chi connectivity index (χ1) is 57.0. The van der Waals surface area contributed by atoms with Crippen LogP contribution < -0.4 is 0 Å². The molecule has 7 fully saturated rings. The molecule has 38 nitrogen and oxygen atoms in total. The molecular formula is C68H52F12N6O32S6. The van der Waals surface area contributed by atoms with Crippen LogP contribution in [0.4, 0.5) is 52.7 Å². The molecule has 56 heteroatoms. The molecule has 0 spiro atoms. The number of imide groups is 6. The number of hydrogen-bond acceptors (Lipinski definition) is 32. The molecule has 5 aromatic carbocycles. The fourth-order valence-corrected chi connectivity index (χ4v) is 19.4. The summed E-state index contributed by atoms with van der Waals surface area (Å²) in [7, 11) is -32.5. The van der Waals surface area contributed by atoms with E-state index in [0.29, 0.717) is 40.5 Å². The van der Waals surface area contributed by atoms with Gasteiger partial charge in [-0.3, -0.25) is 62.3 Å². The number of Topliss-reactive ketones (excluding diaryl/α,β-unsaturated/α-hetero) is 1. The zero-order chi connectivity index (χ0) is 92.0. The summed E-state index contributed by atoms with van der Waals surface area (Å²) in [4.78, 5) is 155. The molecule has 6 bridgehead atoms. The van der Waals surface area contributed by atoms with Crippen molar-refractivity contribution in [3.63, 3.8) is 0 Å². The van der Waals surface area contributed by atoms with E-state index in [1.54, 1.807) is 60.7 Å². The number of carbonyl (C=O) groups is 13. The van der Waals surface area contributed by atoms with Crippen LogP contribution in [-0.4, -0.2) is 204 Å². The van der Waals surface area contributed by atoms with E-state index >= 15 is 0 Å². The van der Waals surface area contributed by atoms with Gasteiger partial charge in [0, 0.05) is 30.0 Å². The number of halogens is 12. The Kier molecular flexibility index (Phi) is 23.6. The fourth-order valence-electron chi connectivity index (χ4n) is 15.6. The number of alkyl halides is 12. The Bertz CT molecular complexity index is 6020. The maximum absolute atomic E-state index is 13.0. The number of carbonyl (C=O) groups excluding carboxylic acids is 13. The number of hydrogen-bond donors (Lipinski definition) is 0. The summed E-state index contributed by atoms with van der Waals surface area (Å²) in [5.74, 6) is -17.0. The molecular weight excluding hydrogens is 1830 g/mol. The third-order valence-corrected chi connectivity index (χ3v) is 26.6. The maximum atomic E-state index is 13.0. The van der Waals surface area contributed by atoms with Gasteiger partial charge in [-0.1, -0.05) is 98.8 Å². The molecule has 10 atom stereocenters. The SMILES string of the molecule is CC1(C)C2CCC1(CS(=O)(=O)ON1C(=O)c3cccc4cccc(c34)C1=O)C(=O)C2.CS(=O)(=O)ON1C(=O)c2cccc3cccc(c23)C1=O.O=C1C2C3C=CC(C3)C2C(=O)N1OS(=O)(=O)C(F)(F)F.O=C1C2C3C=CC(O3)C2C(=O)N1OS(=O)(=O)C(F)(F)F.O=C1CCC(=O)N1OS(=O)(=O)C(F)(F)F.O=C1c2ccccc2C(=O)N1OS(=O)(=O)C(F)(F)F. The standard InChI is InChI=1S/C22H21NO6S.C13H9NO5S.C10H8F3NO5S.C9H6F3NO6S.C9H4F3NO5S.C5H4F3NO5S/c1-21(2)14-9-10-22(21,17(24)11-14)12-30(27,28)29-23-19(25)15-7-3-5-13-6-4-8-16(18(13)15)20(23)26;1-20(17,18)19-14-12(15)9-6-2-4-8-5-3-7-10(11(8)9)13(14)16;11-10(12,13)20(17,18)19-14-8(15)6-4-1-2-5(3-4)7(6)9(14)16;10-9(11,12)20(16,17)19-13-7(14)5-3-1-2-4(18-3)6(5)8(13)15;10-9(11,12)19(16,17)18-13-7(14)5-3-1-2-4-6(5)8(13)15;6-5(7,8)15(12,13)14-9-3(10)1-2-4(9)11/h3-8,14H,9-12H2,1-2H3;2-7H,1H3;1-2,4-7H,3H2;1-6H;1-4H;1-2H2. The summed E-state index contributed by atoms with van der Waals surface area (Å²) in [5.41, 5.74) is -23.9. The van der Waals surface area contributed by atoms with Gasteiger partial charge in [-0.2, -0.15) is 103 Å². The minimum atomic E-state index is -6.08. The third kappa shape index (κ3) is 16.5. The maximum Gasteiger partial charge on any atom is 0.525 e. The van der Waals surface area contributed by atoms with Gasteiger partial charge in [-0.15, -0.1) is 56.1 Å². The van der Waals surface area contributed by atoms with Gasteiger partial charge in [0.15, 0.2) is 0 Å². The number of hydroxylamine groups is 12. The molecule has 3 saturated carbocycles. The first kappa shape index (κ1) is 92.4. The lowest BCUT2D eigenvalue weighted by Crippen LogP contribution is -2.46. The molecule has 124 heavy (non-hydrogen) atoms. The average molecular weight is 1890 g/mol. The fraction of sp³-hybridized carbons (Fsp3) is 0.368. The van der Waals surface area contributed by atoms with Gasteiger partial charge < -0.3 is 4.74 Å². The molecule has 10 unspecified atom stereocenters. The molecule has 0 radical (unpaired) electrons. The van der Waals surface area contributed by atoms with Crippen molar-refractivity contribution >= 4 is 159 Å². The average Bonchev–Trinajstić information content (AvgIpc) is 1.39. The van der Waals surface area contributed by atoms with Gasteiger partial charge in [0.05, 0.1) is 86.7 Å². The quantitative estimate of drug-likeness (QED) is 0.0558. The van der Waals surface area contributed by atoms with Gasteiger partial charge in [-0.05, 0) is 89.6 Å². The van der Waals surface area contributed by atoms with Gasteiger partial charge in [-0.25, -0.2) is 0 Å². The second-order valence-electron chi connectivity index (χ2n) is 28.8. The van der Waals surface area contributed by atoms with E-state index in [-0.39, 0.29) is 90.0 Å². The Morgan fingerprint density at radius 1 is 0.387 bits per heavy atom. The zero-order valence-corrected chi connectivity index (χ0v) is 66.8. The Morgan fingerprint density at radius 3 is 1.02 bits per heavy atom. The van der Waals surface area contributed by atoms with Crippen LogP contribution in [-0.2, 0) is 125 Å². The van der Waals surface area contributed by atoms with Crippen LogP contribution in [0.25, 0.3) is 21.5 Å². The molecule has 17 rings (SSSR count). The number of allylic oxidation sites excluding steroid dienone is 2. The predicted molar refractivity (Wildman–Crippen MR) is 377 cm³/mol. The first-order valence-corrected chi connectivity index (χ1v) is 43.9. The Hall–Kier alpha value is -10.8. The lowest BCUT2D eigenvalue weighted by atomic mass is 9.70. The van der Waals surface area contributed by atoms with Crippen molar-refractivity contribution in [3.8, 4) is 0 Å². The molecule has 8 heterocycles. The largest absolute Gasteiger partial charge is 0.525 e. The summed E-state index contributed by atoms with van der Waals surface area (Å²) in [6.45, 7) is 3.83. The molecule has 0 aromatic heterocycles. The number of benzene rings is 5. The highest BCUT2D eigenvalue weighted by Gasteiger charge is 2.68. The Balaban J connectivity index is 0.000000138. The van der Waals surface area contributed by atoms with E-state index in [2.05, 4.69) is 21.4 Å². The van der Waals surface area contributed by atoms with E-state index < -0.39 is 211 Å². The third-order valence-electron chi connectivity index (χ3n) is 21.3. The predicted octanol–water partition coefficient (Wildman–Crippen LogP) is 5.68. The normalized spacial score (nSPS) is 25.3. The summed E-state index contributed by atoms with van der Waals surface area (Å²) < 4.78 is 308. The number of rotatable bonds is 14. The second kappa shape index (κ2) is 31.7. The highest BCUT2D eigenvalue weighted by molar-refractivity contribution is 7.88. The number of ether oxygens (including phenoxy) is 1.